The summed E-state index contributed by atoms with van der Waals surface area (Å²) in [5.74, 6) is 0.906. The molecule has 1 saturated heterocycles. The Labute approximate surface area is 178 Å². The van der Waals surface area contributed by atoms with E-state index in [9.17, 15) is 14.4 Å². The average molecular weight is 423 g/mol. The number of carbonyl (C=O) groups is 3. The number of rotatable bonds is 3. The van der Waals surface area contributed by atoms with E-state index in [2.05, 4.69) is 5.32 Å². The Morgan fingerprint density at radius 1 is 1.07 bits per heavy atom. The first kappa shape index (κ1) is 21.2. The minimum Gasteiger partial charge on any atom is -0.469 e. The molecule has 6 atom stereocenters. The highest BCUT2D eigenvalue weighted by Gasteiger charge is 2.60. The summed E-state index contributed by atoms with van der Waals surface area (Å²) in [5.41, 5.74) is -0.924. The summed E-state index contributed by atoms with van der Waals surface area (Å²) in [6.07, 6.45) is 4.26. The van der Waals surface area contributed by atoms with Gasteiger partial charge in [-0.2, -0.15) is 0 Å². The van der Waals surface area contributed by atoms with E-state index >= 15 is 0 Å². The zero-order valence-electron chi connectivity index (χ0n) is 18.4. The van der Waals surface area contributed by atoms with Crippen LogP contribution < -0.4 is 5.32 Å². The number of likely N-dealkylation sites (tertiary alicyclic amines) is 1. The molecule has 5 rings (SSSR count). The Hall–Kier alpha value is -1.99. The molecule has 1 heterocycles. The lowest BCUT2D eigenvalue weighted by Crippen LogP contribution is -2.58. The second-order valence-electron chi connectivity index (χ2n) is 10.7. The Morgan fingerprint density at radius 3 is 2.33 bits per heavy atom. The second kappa shape index (κ2) is 7.61. The van der Waals surface area contributed by atoms with Crippen LogP contribution in [0, 0.1) is 23.2 Å². The predicted molar refractivity (Wildman–Crippen MR) is 108 cm³/mol. The minimum absolute atomic E-state index is 0.0951. The van der Waals surface area contributed by atoms with Gasteiger partial charge in [-0.15, -0.1) is 0 Å². The second-order valence-corrected chi connectivity index (χ2v) is 10.7. The van der Waals surface area contributed by atoms with Crippen molar-refractivity contribution in [2.75, 3.05) is 20.2 Å². The van der Waals surface area contributed by atoms with Gasteiger partial charge in [0.25, 0.3) is 0 Å². The molecule has 0 aromatic rings. The van der Waals surface area contributed by atoms with Gasteiger partial charge in [-0.1, -0.05) is 0 Å². The van der Waals surface area contributed by atoms with Crippen molar-refractivity contribution in [3.05, 3.63) is 0 Å². The zero-order chi connectivity index (χ0) is 21.7. The number of carbonyl (C=O) groups excluding carboxylic acids is 3. The number of nitrogens with one attached hydrogen (secondary N) is 1. The number of ether oxygens (including phenoxy) is 3. The van der Waals surface area contributed by atoms with Gasteiger partial charge in [0.1, 0.15) is 11.7 Å². The SMILES string of the molecule is COC(=O)C12CC3CC(C1)C(OC(=O)N1CCC(NC(=O)OC(C)(C)C)C1)[C@@H](C3)C2. The van der Waals surface area contributed by atoms with Crippen molar-refractivity contribution < 1.29 is 28.6 Å². The molecule has 5 aliphatic rings. The molecule has 4 bridgehead atoms. The molecule has 30 heavy (non-hydrogen) atoms. The molecular weight excluding hydrogens is 388 g/mol. The van der Waals surface area contributed by atoms with Crippen LogP contribution in [0.25, 0.3) is 0 Å². The summed E-state index contributed by atoms with van der Waals surface area (Å²) >= 11 is 0. The van der Waals surface area contributed by atoms with Crippen molar-refractivity contribution in [1.82, 2.24) is 10.2 Å². The van der Waals surface area contributed by atoms with Gasteiger partial charge in [0.15, 0.2) is 0 Å². The quantitative estimate of drug-likeness (QED) is 0.555. The van der Waals surface area contributed by atoms with Crippen LogP contribution >= 0.6 is 0 Å². The van der Waals surface area contributed by atoms with Crippen molar-refractivity contribution in [2.45, 2.75) is 77.0 Å². The Balaban J connectivity index is 1.31. The largest absolute Gasteiger partial charge is 0.469 e. The zero-order valence-corrected chi connectivity index (χ0v) is 18.4. The van der Waals surface area contributed by atoms with Gasteiger partial charge in [-0.25, -0.2) is 9.59 Å². The third-order valence-corrected chi connectivity index (χ3v) is 7.21. The van der Waals surface area contributed by atoms with Crippen molar-refractivity contribution in [3.63, 3.8) is 0 Å². The van der Waals surface area contributed by atoms with E-state index in [1.807, 2.05) is 20.8 Å². The van der Waals surface area contributed by atoms with Crippen molar-refractivity contribution in [1.29, 1.82) is 0 Å². The topological polar surface area (TPSA) is 94.2 Å². The molecule has 8 heteroatoms. The fourth-order valence-electron chi connectivity index (χ4n) is 6.35. The molecule has 0 aromatic heterocycles. The molecule has 4 aliphatic carbocycles. The molecule has 5 unspecified atom stereocenters. The molecule has 2 amide bonds. The third-order valence-electron chi connectivity index (χ3n) is 7.21. The Bertz CT molecular complexity index is 701. The van der Waals surface area contributed by atoms with E-state index < -0.39 is 11.7 Å². The van der Waals surface area contributed by atoms with Gasteiger partial charge in [-0.05, 0) is 77.0 Å². The molecule has 0 aromatic carbocycles. The van der Waals surface area contributed by atoms with Gasteiger partial charge >= 0.3 is 18.2 Å². The molecule has 0 radical (unpaired) electrons. The van der Waals surface area contributed by atoms with E-state index in [1.54, 1.807) is 4.90 Å². The molecule has 1 aliphatic heterocycles. The van der Waals surface area contributed by atoms with E-state index in [0.717, 1.165) is 32.1 Å². The van der Waals surface area contributed by atoms with E-state index in [4.69, 9.17) is 14.2 Å². The molecule has 0 spiro atoms. The highest BCUT2D eigenvalue weighted by Crippen LogP contribution is 2.61. The summed E-state index contributed by atoms with van der Waals surface area (Å²) < 4.78 is 16.4. The first-order chi connectivity index (χ1) is 14.1. The Morgan fingerprint density at radius 2 is 1.73 bits per heavy atom. The summed E-state index contributed by atoms with van der Waals surface area (Å²) in [5, 5.41) is 2.84. The molecule has 5 fully saturated rings. The summed E-state index contributed by atoms with van der Waals surface area (Å²) in [6.45, 7) is 6.44. The van der Waals surface area contributed by atoms with E-state index in [0.29, 0.717) is 25.4 Å². The van der Waals surface area contributed by atoms with Gasteiger partial charge in [0, 0.05) is 13.1 Å². The lowest BCUT2D eigenvalue weighted by molar-refractivity contribution is -0.182. The summed E-state index contributed by atoms with van der Waals surface area (Å²) in [6, 6.07) is -0.131. The molecule has 8 nitrogen and oxygen atoms in total. The van der Waals surface area contributed by atoms with Crippen LogP contribution in [-0.4, -0.2) is 61.0 Å². The number of amides is 2. The number of alkyl carbamates (subject to hydrolysis) is 1. The Kier molecular flexibility index (Phi) is 5.39. The third kappa shape index (κ3) is 4.10. The first-order valence-corrected chi connectivity index (χ1v) is 11.1. The van der Waals surface area contributed by atoms with Crippen LogP contribution in [-0.2, 0) is 19.0 Å². The number of nitrogens with zero attached hydrogens (tertiary/aromatic N) is 1. The summed E-state index contributed by atoms with van der Waals surface area (Å²) in [4.78, 5) is 38.9. The number of hydrogen-bond donors (Lipinski definition) is 1. The molecule has 1 N–H and O–H groups in total. The van der Waals surface area contributed by atoms with Crippen molar-refractivity contribution >= 4 is 18.2 Å². The number of esters is 1. The number of methoxy groups -OCH3 is 1. The molecular formula is C22H34N2O6. The normalized spacial score (nSPS) is 37.1. The maximum Gasteiger partial charge on any atom is 0.410 e. The van der Waals surface area contributed by atoms with Crippen LogP contribution in [0.15, 0.2) is 0 Å². The molecule has 168 valence electrons. The highest BCUT2D eigenvalue weighted by molar-refractivity contribution is 5.77. The molecule has 4 saturated carbocycles. The van der Waals surface area contributed by atoms with Crippen LogP contribution in [0.5, 0.6) is 0 Å². The minimum atomic E-state index is -0.553. The average Bonchev–Trinajstić information content (AvgIpc) is 3.10. The first-order valence-electron chi connectivity index (χ1n) is 11.1. The van der Waals surface area contributed by atoms with Crippen LogP contribution in [0.1, 0.15) is 59.3 Å². The summed E-state index contributed by atoms with van der Waals surface area (Å²) in [7, 11) is 1.47. The fraction of sp³-hybridized carbons (Fsp3) is 0.864. The van der Waals surface area contributed by atoms with E-state index in [1.165, 1.54) is 7.11 Å². The highest BCUT2D eigenvalue weighted by atomic mass is 16.6. The lowest BCUT2D eigenvalue weighted by atomic mass is 9.48. The maximum absolute atomic E-state index is 12.8. The number of hydrogen-bond acceptors (Lipinski definition) is 6. The van der Waals surface area contributed by atoms with Crippen LogP contribution in [0.3, 0.4) is 0 Å². The van der Waals surface area contributed by atoms with Crippen LogP contribution in [0.4, 0.5) is 9.59 Å². The monoisotopic (exact) mass is 422 g/mol. The van der Waals surface area contributed by atoms with E-state index in [-0.39, 0.29) is 41.5 Å². The van der Waals surface area contributed by atoms with Crippen molar-refractivity contribution in [3.8, 4) is 0 Å². The van der Waals surface area contributed by atoms with Gasteiger partial charge in [0.05, 0.1) is 18.6 Å². The maximum atomic E-state index is 12.8. The smallest absolute Gasteiger partial charge is 0.410 e. The fourth-order valence-corrected chi connectivity index (χ4v) is 6.35. The lowest BCUT2D eigenvalue weighted by Gasteiger charge is -2.57. The van der Waals surface area contributed by atoms with Crippen LogP contribution in [0.2, 0.25) is 0 Å². The predicted octanol–water partition coefficient (Wildman–Crippen LogP) is 3.09. The van der Waals surface area contributed by atoms with Gasteiger partial charge in [0.2, 0.25) is 0 Å². The van der Waals surface area contributed by atoms with Gasteiger partial charge in [-0.3, -0.25) is 4.79 Å². The van der Waals surface area contributed by atoms with Crippen molar-refractivity contribution in [2.24, 2.45) is 23.2 Å². The standard InChI is InChI=1S/C22H34N2O6/c1-21(2,3)30-19(26)23-16-5-6-24(12-16)20(27)29-17-14-7-13-8-15(17)11-22(9-13,10-14)18(25)28-4/h13-17H,5-12H2,1-4H3,(H,23,26)/t13?,14-,15?,16?,17?,22?/m0/s1. The van der Waals surface area contributed by atoms with Gasteiger partial charge < -0.3 is 24.4 Å².